The fourth-order valence-electron chi connectivity index (χ4n) is 3.00. The molecule has 0 aliphatic carbocycles. The Bertz CT molecular complexity index is 241. The van der Waals surface area contributed by atoms with Gasteiger partial charge in [-0.05, 0) is 13.3 Å². The number of unbranched alkanes of at least 4 members (excludes halogenated alkanes) is 16. The van der Waals surface area contributed by atoms with Crippen molar-refractivity contribution in [1.29, 1.82) is 0 Å². The van der Waals surface area contributed by atoms with E-state index in [0.29, 0.717) is 6.42 Å². The Morgan fingerprint density at radius 3 is 1.04 bits per heavy atom. The zero-order chi connectivity index (χ0) is 19.0. The molecule has 0 aromatic carbocycles. The fraction of sp³-hybridized carbons (Fsp3) is 0.955. The summed E-state index contributed by atoms with van der Waals surface area (Å²) in [5, 5.41) is 16.1. The van der Waals surface area contributed by atoms with Crippen LogP contribution in [0.4, 0.5) is 0 Å². The first-order valence-electron chi connectivity index (χ1n) is 11.0. The van der Waals surface area contributed by atoms with Gasteiger partial charge in [-0.15, -0.1) is 0 Å². The summed E-state index contributed by atoms with van der Waals surface area (Å²) in [6, 6.07) is 0. The number of hydrogen-bond donors (Lipinski definition) is 2. The van der Waals surface area contributed by atoms with Crippen molar-refractivity contribution in [3.05, 3.63) is 0 Å². The topological polar surface area (TPSA) is 57.5 Å². The van der Waals surface area contributed by atoms with E-state index in [0.717, 1.165) is 12.8 Å². The van der Waals surface area contributed by atoms with Crippen molar-refractivity contribution in [2.75, 3.05) is 6.61 Å². The number of aliphatic carboxylic acids is 1. The van der Waals surface area contributed by atoms with Gasteiger partial charge >= 0.3 is 5.97 Å². The highest BCUT2D eigenvalue weighted by Crippen LogP contribution is 2.14. The summed E-state index contributed by atoms with van der Waals surface area (Å²) in [7, 11) is 0. The molecule has 3 nitrogen and oxygen atoms in total. The third kappa shape index (κ3) is 31.7. The summed E-state index contributed by atoms with van der Waals surface area (Å²) in [6.07, 6.45) is 23.1. The van der Waals surface area contributed by atoms with E-state index in [9.17, 15) is 4.79 Å². The molecule has 0 heterocycles. The van der Waals surface area contributed by atoms with Gasteiger partial charge in [0.2, 0.25) is 0 Å². The Hall–Kier alpha value is -0.570. The van der Waals surface area contributed by atoms with Gasteiger partial charge in [0.05, 0.1) is 0 Å². The summed E-state index contributed by atoms with van der Waals surface area (Å²) in [5.74, 6) is -0.652. The van der Waals surface area contributed by atoms with Crippen LogP contribution in [0, 0.1) is 0 Å². The van der Waals surface area contributed by atoms with E-state index in [-0.39, 0.29) is 6.61 Å². The Labute approximate surface area is 157 Å². The first kappa shape index (κ1) is 26.7. The third-order valence-corrected chi connectivity index (χ3v) is 4.49. The van der Waals surface area contributed by atoms with Crippen LogP contribution in [0.15, 0.2) is 0 Å². The second-order valence-corrected chi connectivity index (χ2v) is 7.12. The number of carboxylic acid groups (broad SMARTS) is 1. The Morgan fingerprint density at radius 1 is 0.560 bits per heavy atom. The second-order valence-electron chi connectivity index (χ2n) is 7.12. The molecule has 3 heteroatoms. The molecular formula is C22H46O3. The second kappa shape index (κ2) is 25.7. The van der Waals surface area contributed by atoms with Crippen LogP contribution in [-0.4, -0.2) is 22.8 Å². The highest BCUT2D eigenvalue weighted by molar-refractivity contribution is 5.66. The molecule has 0 saturated carbocycles. The predicted octanol–water partition coefficient (Wildman–Crippen LogP) is 7.11. The lowest BCUT2D eigenvalue weighted by atomic mass is 10.0. The molecule has 0 rings (SSSR count). The molecule has 0 amide bonds. The fourth-order valence-corrected chi connectivity index (χ4v) is 3.00. The molecule has 2 N–H and O–H groups in total. The lowest BCUT2D eigenvalue weighted by molar-refractivity contribution is -0.137. The molecule has 0 aromatic heterocycles. The molecule has 0 spiro atoms. The Kier molecular flexibility index (Phi) is 27.4. The zero-order valence-electron chi connectivity index (χ0n) is 17.2. The maximum Gasteiger partial charge on any atom is 0.303 e. The minimum atomic E-state index is -0.652. The SMILES string of the molecule is CCCCCCCCCCCCCCCCCCCC(=O)O.CCO. The molecule has 0 aliphatic rings. The van der Waals surface area contributed by atoms with Gasteiger partial charge in [-0.1, -0.05) is 110 Å². The number of rotatable bonds is 18. The van der Waals surface area contributed by atoms with E-state index in [2.05, 4.69) is 6.92 Å². The van der Waals surface area contributed by atoms with Gasteiger partial charge < -0.3 is 10.2 Å². The van der Waals surface area contributed by atoms with E-state index < -0.39 is 5.97 Å². The average Bonchev–Trinajstić information content (AvgIpc) is 2.58. The molecule has 0 unspecified atom stereocenters. The lowest BCUT2D eigenvalue weighted by Crippen LogP contribution is -1.93. The molecule has 0 fully saturated rings. The van der Waals surface area contributed by atoms with Crippen molar-refractivity contribution in [1.82, 2.24) is 0 Å². The van der Waals surface area contributed by atoms with Crippen LogP contribution in [0.1, 0.15) is 129 Å². The normalized spacial score (nSPS) is 10.4. The molecule has 0 bridgehead atoms. The number of carboxylic acids is 1. The first-order chi connectivity index (χ1) is 12.2. The third-order valence-electron chi connectivity index (χ3n) is 4.49. The van der Waals surface area contributed by atoms with Crippen molar-refractivity contribution >= 4 is 5.97 Å². The van der Waals surface area contributed by atoms with Crippen molar-refractivity contribution in [3.8, 4) is 0 Å². The largest absolute Gasteiger partial charge is 0.481 e. The van der Waals surface area contributed by atoms with Crippen LogP contribution >= 0.6 is 0 Å². The van der Waals surface area contributed by atoms with Crippen LogP contribution in [0.25, 0.3) is 0 Å². The van der Waals surface area contributed by atoms with Gasteiger partial charge in [-0.2, -0.15) is 0 Å². The monoisotopic (exact) mass is 358 g/mol. The molecule has 0 atom stereocenters. The molecule has 152 valence electrons. The van der Waals surface area contributed by atoms with Gasteiger partial charge in [-0.3, -0.25) is 4.79 Å². The van der Waals surface area contributed by atoms with Gasteiger partial charge in [-0.25, -0.2) is 0 Å². The van der Waals surface area contributed by atoms with Gasteiger partial charge in [0, 0.05) is 13.0 Å². The minimum absolute atomic E-state index is 0.250. The van der Waals surface area contributed by atoms with E-state index in [1.807, 2.05) is 0 Å². The lowest BCUT2D eigenvalue weighted by Gasteiger charge is -2.03. The van der Waals surface area contributed by atoms with Crippen LogP contribution in [0.3, 0.4) is 0 Å². The molecular weight excluding hydrogens is 312 g/mol. The summed E-state index contributed by atoms with van der Waals surface area (Å²) in [6.45, 7) is 4.21. The van der Waals surface area contributed by atoms with E-state index in [4.69, 9.17) is 10.2 Å². The molecule has 0 aromatic rings. The molecule has 0 saturated heterocycles. The summed E-state index contributed by atoms with van der Waals surface area (Å²) in [5.41, 5.74) is 0. The number of carbonyl (C=O) groups is 1. The maximum atomic E-state index is 10.4. The first-order valence-corrected chi connectivity index (χ1v) is 11.0. The highest BCUT2D eigenvalue weighted by Gasteiger charge is 1.97. The maximum absolute atomic E-state index is 10.4. The molecule has 0 radical (unpaired) electrons. The average molecular weight is 359 g/mol. The zero-order valence-corrected chi connectivity index (χ0v) is 17.2. The number of hydrogen-bond acceptors (Lipinski definition) is 2. The standard InChI is InChI=1S/C20H40O2.C2H6O/c1-2-3-4-5-6-7-8-9-10-11-12-13-14-15-16-17-18-19-20(21)22;1-2-3/h2-19H2,1H3,(H,21,22);3H,2H2,1H3. The molecule has 0 aliphatic heterocycles. The summed E-state index contributed by atoms with van der Waals surface area (Å²) in [4.78, 5) is 10.4. The Morgan fingerprint density at radius 2 is 0.800 bits per heavy atom. The van der Waals surface area contributed by atoms with Crippen LogP contribution < -0.4 is 0 Å². The summed E-state index contributed by atoms with van der Waals surface area (Å²) >= 11 is 0. The summed E-state index contributed by atoms with van der Waals surface area (Å²) < 4.78 is 0. The van der Waals surface area contributed by atoms with E-state index >= 15 is 0 Å². The smallest absolute Gasteiger partial charge is 0.303 e. The predicted molar refractivity (Wildman–Crippen MR) is 109 cm³/mol. The van der Waals surface area contributed by atoms with E-state index in [1.165, 1.54) is 96.3 Å². The van der Waals surface area contributed by atoms with Crippen molar-refractivity contribution in [3.63, 3.8) is 0 Å². The molecule has 25 heavy (non-hydrogen) atoms. The van der Waals surface area contributed by atoms with Crippen LogP contribution in [-0.2, 0) is 4.79 Å². The van der Waals surface area contributed by atoms with Gasteiger partial charge in [0.25, 0.3) is 0 Å². The number of aliphatic hydroxyl groups excluding tert-OH is 1. The van der Waals surface area contributed by atoms with Gasteiger partial charge in [0.1, 0.15) is 0 Å². The van der Waals surface area contributed by atoms with E-state index in [1.54, 1.807) is 6.92 Å². The Balaban J connectivity index is 0. The van der Waals surface area contributed by atoms with Crippen molar-refractivity contribution < 1.29 is 15.0 Å². The van der Waals surface area contributed by atoms with Crippen LogP contribution in [0.2, 0.25) is 0 Å². The highest BCUT2D eigenvalue weighted by atomic mass is 16.4. The number of aliphatic hydroxyl groups is 1. The quantitative estimate of drug-likeness (QED) is 0.257. The van der Waals surface area contributed by atoms with Crippen molar-refractivity contribution in [2.24, 2.45) is 0 Å². The van der Waals surface area contributed by atoms with Gasteiger partial charge in [0.15, 0.2) is 0 Å². The minimum Gasteiger partial charge on any atom is -0.481 e. The van der Waals surface area contributed by atoms with Crippen molar-refractivity contribution in [2.45, 2.75) is 129 Å². The van der Waals surface area contributed by atoms with Crippen LogP contribution in [0.5, 0.6) is 0 Å².